The smallest absolute Gasteiger partial charge is 0.343 e. The number of hydrogen-bond acceptors (Lipinski definition) is 5. The number of nitrogens with one attached hydrogen (secondary N) is 2. The molecule has 1 atom stereocenters. The van der Waals surface area contributed by atoms with E-state index in [-0.39, 0.29) is 23.3 Å². The number of rotatable bonds is 6. The van der Waals surface area contributed by atoms with Gasteiger partial charge in [-0.05, 0) is 31.0 Å². The predicted octanol–water partition coefficient (Wildman–Crippen LogP) is 2.53. The number of hydrogen-bond donors (Lipinski definition) is 3. The van der Waals surface area contributed by atoms with Gasteiger partial charge in [-0.15, -0.1) is 0 Å². The van der Waals surface area contributed by atoms with Crippen LogP contribution >= 0.6 is 0 Å². The predicted molar refractivity (Wildman–Crippen MR) is 98.2 cm³/mol. The summed E-state index contributed by atoms with van der Waals surface area (Å²) in [5.41, 5.74) is 0.730. The Kier molecular flexibility index (Phi) is 5.40. The van der Waals surface area contributed by atoms with E-state index < -0.39 is 18.0 Å². The van der Waals surface area contributed by atoms with Gasteiger partial charge < -0.3 is 20.5 Å². The van der Waals surface area contributed by atoms with Gasteiger partial charge in [0.2, 0.25) is 12.0 Å². The highest BCUT2D eigenvalue weighted by Crippen LogP contribution is 2.27. The second kappa shape index (κ2) is 7.90. The number of phenolic OH excluding ortho intramolecular Hbond substituents is 1. The van der Waals surface area contributed by atoms with Gasteiger partial charge in [-0.1, -0.05) is 30.3 Å². The molecule has 0 heterocycles. The molecule has 2 amide bonds. The SMILES string of the molecule is CC(=O)Nc1ccc(O)c(C(=O)O[C@H](C(=O)NC2CC2)c2ccccc2)c1. The van der Waals surface area contributed by atoms with E-state index in [0.29, 0.717) is 11.3 Å². The Bertz CT molecular complexity index is 862. The second-order valence-electron chi connectivity index (χ2n) is 6.39. The molecule has 3 rings (SSSR count). The normalized spacial score (nSPS) is 14.1. The Morgan fingerprint density at radius 3 is 2.44 bits per heavy atom. The Labute approximate surface area is 156 Å². The maximum atomic E-state index is 12.6. The summed E-state index contributed by atoms with van der Waals surface area (Å²) in [4.78, 5) is 36.4. The largest absolute Gasteiger partial charge is 0.507 e. The van der Waals surface area contributed by atoms with Crippen molar-refractivity contribution in [3.63, 3.8) is 0 Å². The van der Waals surface area contributed by atoms with Gasteiger partial charge in [-0.3, -0.25) is 9.59 Å². The van der Waals surface area contributed by atoms with Gasteiger partial charge in [-0.2, -0.15) is 0 Å². The highest BCUT2D eigenvalue weighted by Gasteiger charge is 2.31. The van der Waals surface area contributed by atoms with E-state index in [2.05, 4.69) is 10.6 Å². The van der Waals surface area contributed by atoms with Crippen LogP contribution in [0, 0.1) is 0 Å². The summed E-state index contributed by atoms with van der Waals surface area (Å²) in [5, 5.41) is 15.4. The van der Waals surface area contributed by atoms with Gasteiger partial charge in [0.1, 0.15) is 11.3 Å². The molecule has 0 aromatic heterocycles. The number of amides is 2. The number of anilines is 1. The highest BCUT2D eigenvalue weighted by atomic mass is 16.5. The van der Waals surface area contributed by atoms with Gasteiger partial charge in [0.05, 0.1) is 0 Å². The number of ether oxygens (including phenoxy) is 1. The summed E-state index contributed by atoms with van der Waals surface area (Å²) in [6.45, 7) is 1.33. The van der Waals surface area contributed by atoms with Crippen molar-refractivity contribution in [2.24, 2.45) is 0 Å². The molecule has 0 spiro atoms. The third-order valence-electron chi connectivity index (χ3n) is 4.03. The van der Waals surface area contributed by atoms with Crippen LogP contribution in [0.3, 0.4) is 0 Å². The van der Waals surface area contributed by atoms with Crippen LogP contribution in [0.25, 0.3) is 0 Å². The Hall–Kier alpha value is -3.35. The first-order valence-corrected chi connectivity index (χ1v) is 8.61. The van der Waals surface area contributed by atoms with Crippen LogP contribution in [0.1, 0.15) is 41.8 Å². The van der Waals surface area contributed by atoms with Crippen LogP contribution in [0.5, 0.6) is 5.75 Å². The lowest BCUT2D eigenvalue weighted by Gasteiger charge is -2.18. The monoisotopic (exact) mass is 368 g/mol. The van der Waals surface area contributed by atoms with E-state index in [1.54, 1.807) is 30.3 Å². The zero-order valence-corrected chi connectivity index (χ0v) is 14.8. The number of phenols is 1. The molecule has 1 aliphatic rings. The quantitative estimate of drug-likeness (QED) is 0.537. The summed E-state index contributed by atoms with van der Waals surface area (Å²) in [7, 11) is 0. The lowest BCUT2D eigenvalue weighted by atomic mass is 10.1. The molecular formula is C20H20N2O5. The van der Waals surface area contributed by atoms with Crippen molar-refractivity contribution in [2.75, 3.05) is 5.32 Å². The molecule has 1 aliphatic carbocycles. The minimum Gasteiger partial charge on any atom is -0.507 e. The molecule has 27 heavy (non-hydrogen) atoms. The number of esters is 1. The summed E-state index contributed by atoms with van der Waals surface area (Å²) < 4.78 is 5.43. The number of carbonyl (C=O) groups excluding carboxylic acids is 3. The Morgan fingerprint density at radius 1 is 1.11 bits per heavy atom. The van der Waals surface area contributed by atoms with Gasteiger partial charge in [0.25, 0.3) is 5.91 Å². The Balaban J connectivity index is 1.83. The van der Waals surface area contributed by atoms with Crippen LogP contribution in [-0.2, 0) is 14.3 Å². The van der Waals surface area contributed by atoms with E-state index in [0.717, 1.165) is 12.8 Å². The van der Waals surface area contributed by atoms with Crippen LogP contribution in [0.2, 0.25) is 0 Å². The first-order valence-electron chi connectivity index (χ1n) is 8.61. The zero-order valence-electron chi connectivity index (χ0n) is 14.8. The molecule has 0 radical (unpaired) electrons. The zero-order chi connectivity index (χ0) is 19.4. The van der Waals surface area contributed by atoms with Crippen LogP contribution < -0.4 is 10.6 Å². The molecule has 0 aliphatic heterocycles. The summed E-state index contributed by atoms with van der Waals surface area (Å²) in [5.74, 6) is -1.89. The fourth-order valence-corrected chi connectivity index (χ4v) is 2.56. The van der Waals surface area contributed by atoms with E-state index in [9.17, 15) is 19.5 Å². The summed E-state index contributed by atoms with van der Waals surface area (Å²) >= 11 is 0. The van der Waals surface area contributed by atoms with Crippen molar-refractivity contribution in [2.45, 2.75) is 31.9 Å². The molecule has 0 bridgehead atoms. The topological polar surface area (TPSA) is 105 Å². The van der Waals surface area contributed by atoms with Crippen molar-refractivity contribution >= 4 is 23.5 Å². The molecular weight excluding hydrogens is 348 g/mol. The average molecular weight is 368 g/mol. The maximum Gasteiger partial charge on any atom is 0.343 e. The molecule has 7 heteroatoms. The molecule has 0 unspecified atom stereocenters. The fraction of sp³-hybridized carbons (Fsp3) is 0.250. The van der Waals surface area contributed by atoms with Gasteiger partial charge in [0, 0.05) is 24.2 Å². The lowest BCUT2D eigenvalue weighted by molar-refractivity contribution is -0.130. The van der Waals surface area contributed by atoms with E-state index >= 15 is 0 Å². The van der Waals surface area contributed by atoms with E-state index in [1.807, 2.05) is 0 Å². The molecule has 3 N–H and O–H groups in total. The van der Waals surface area contributed by atoms with Crippen LogP contribution in [-0.4, -0.2) is 28.9 Å². The average Bonchev–Trinajstić information content (AvgIpc) is 3.45. The van der Waals surface area contributed by atoms with E-state index in [1.165, 1.54) is 25.1 Å². The first-order chi connectivity index (χ1) is 12.9. The maximum absolute atomic E-state index is 12.6. The number of carbonyl (C=O) groups is 3. The third-order valence-corrected chi connectivity index (χ3v) is 4.03. The highest BCUT2D eigenvalue weighted by molar-refractivity contribution is 5.97. The van der Waals surface area contributed by atoms with Gasteiger partial charge >= 0.3 is 5.97 Å². The molecule has 1 fully saturated rings. The van der Waals surface area contributed by atoms with Gasteiger partial charge in [0.15, 0.2) is 0 Å². The molecule has 2 aromatic carbocycles. The van der Waals surface area contributed by atoms with Gasteiger partial charge in [-0.25, -0.2) is 4.79 Å². The third kappa shape index (κ3) is 4.84. The van der Waals surface area contributed by atoms with E-state index in [4.69, 9.17) is 4.74 Å². The van der Waals surface area contributed by atoms with Crippen LogP contribution in [0.15, 0.2) is 48.5 Å². The standard InChI is InChI=1S/C20H20N2O5/c1-12(23)21-15-9-10-17(24)16(11-15)20(26)27-18(13-5-3-2-4-6-13)19(25)22-14-7-8-14/h2-6,9-11,14,18,24H,7-8H2,1H3,(H,21,23)(H,22,25)/t18-/m0/s1. The number of benzene rings is 2. The van der Waals surface area contributed by atoms with Crippen molar-refractivity contribution in [1.82, 2.24) is 5.32 Å². The molecule has 140 valence electrons. The minimum absolute atomic E-state index is 0.110. The minimum atomic E-state index is -1.14. The van der Waals surface area contributed by atoms with Crippen LogP contribution in [0.4, 0.5) is 5.69 Å². The Morgan fingerprint density at radius 2 is 1.81 bits per heavy atom. The fourth-order valence-electron chi connectivity index (χ4n) is 2.56. The molecule has 2 aromatic rings. The summed E-state index contributed by atoms with van der Waals surface area (Å²) in [6, 6.07) is 12.8. The van der Waals surface area contributed by atoms with Crippen molar-refractivity contribution in [1.29, 1.82) is 0 Å². The van der Waals surface area contributed by atoms with Crippen molar-refractivity contribution in [3.05, 3.63) is 59.7 Å². The van der Waals surface area contributed by atoms with Crippen molar-refractivity contribution < 1.29 is 24.2 Å². The molecule has 7 nitrogen and oxygen atoms in total. The summed E-state index contributed by atoms with van der Waals surface area (Å²) in [6.07, 6.45) is 0.671. The first kappa shape index (κ1) is 18.4. The molecule has 1 saturated carbocycles. The number of aromatic hydroxyl groups is 1. The second-order valence-corrected chi connectivity index (χ2v) is 6.39. The van der Waals surface area contributed by atoms with Crippen molar-refractivity contribution in [3.8, 4) is 5.75 Å². The lowest BCUT2D eigenvalue weighted by Crippen LogP contribution is -2.33. The molecule has 0 saturated heterocycles.